The van der Waals surface area contributed by atoms with Crippen LogP contribution < -0.4 is 10.2 Å². The first-order valence-corrected chi connectivity index (χ1v) is 7.66. The molecule has 0 fully saturated rings. The van der Waals surface area contributed by atoms with Gasteiger partial charge < -0.3 is 10.2 Å². The van der Waals surface area contributed by atoms with Crippen LogP contribution >= 0.6 is 11.6 Å². The maximum Gasteiger partial charge on any atom is 0.416 e. The van der Waals surface area contributed by atoms with Crippen LogP contribution in [0.2, 0.25) is 5.02 Å². The molecule has 2 rings (SSSR count). The number of carbonyl (C=O) groups is 2. The molecule has 2 aromatic rings. The molecule has 0 saturated carbocycles. The average molecular weight is 389 g/mol. The van der Waals surface area contributed by atoms with Gasteiger partial charge in [0.1, 0.15) is 12.4 Å². The second-order valence-electron chi connectivity index (χ2n) is 5.33. The molecule has 138 valence electrons. The molecule has 2 aromatic carbocycles. The van der Waals surface area contributed by atoms with Crippen molar-refractivity contribution >= 4 is 34.8 Å². The van der Waals surface area contributed by atoms with Crippen molar-refractivity contribution in [3.05, 3.63) is 58.9 Å². The molecule has 0 bridgehead atoms. The van der Waals surface area contributed by atoms with Gasteiger partial charge in [-0.05, 0) is 36.4 Å². The molecule has 2 amide bonds. The highest BCUT2D eigenvalue weighted by atomic mass is 35.5. The van der Waals surface area contributed by atoms with E-state index < -0.39 is 35.9 Å². The lowest BCUT2D eigenvalue weighted by atomic mass is 10.1. The summed E-state index contributed by atoms with van der Waals surface area (Å²) in [5.74, 6) is -1.96. The summed E-state index contributed by atoms with van der Waals surface area (Å²) in [6.07, 6.45) is -4.58. The smallest absolute Gasteiger partial charge is 0.324 e. The molecule has 0 spiro atoms. The van der Waals surface area contributed by atoms with Crippen LogP contribution in [-0.2, 0) is 15.8 Å². The van der Waals surface area contributed by atoms with Crippen molar-refractivity contribution in [3.63, 3.8) is 0 Å². The SMILES string of the molecule is CC(=O)N(CC(=O)Nc1ccc(F)c(Cl)c1)c1cccc(C(F)(F)F)c1. The molecule has 1 N–H and O–H groups in total. The molecule has 0 unspecified atom stereocenters. The fourth-order valence-electron chi connectivity index (χ4n) is 2.15. The summed E-state index contributed by atoms with van der Waals surface area (Å²) >= 11 is 5.61. The van der Waals surface area contributed by atoms with E-state index in [1.54, 1.807) is 0 Å². The first kappa shape index (κ1) is 19.7. The molecule has 0 radical (unpaired) electrons. The predicted molar refractivity (Wildman–Crippen MR) is 89.5 cm³/mol. The molecular formula is C17H13ClF4N2O2. The van der Waals surface area contributed by atoms with Crippen LogP contribution in [0.3, 0.4) is 0 Å². The first-order valence-electron chi connectivity index (χ1n) is 7.28. The molecule has 9 heteroatoms. The van der Waals surface area contributed by atoms with Gasteiger partial charge in [-0.15, -0.1) is 0 Å². The van der Waals surface area contributed by atoms with Crippen molar-refractivity contribution in [1.82, 2.24) is 0 Å². The highest BCUT2D eigenvalue weighted by Gasteiger charge is 2.31. The monoisotopic (exact) mass is 388 g/mol. The van der Waals surface area contributed by atoms with Crippen LogP contribution in [0.15, 0.2) is 42.5 Å². The van der Waals surface area contributed by atoms with Gasteiger partial charge in [0.05, 0.1) is 10.6 Å². The number of anilines is 2. The minimum atomic E-state index is -4.58. The van der Waals surface area contributed by atoms with Crippen LogP contribution in [0, 0.1) is 5.82 Å². The molecule has 0 aliphatic rings. The lowest BCUT2D eigenvalue weighted by Gasteiger charge is -2.21. The number of hydrogen-bond acceptors (Lipinski definition) is 2. The van der Waals surface area contributed by atoms with Crippen LogP contribution in [-0.4, -0.2) is 18.4 Å². The number of nitrogens with zero attached hydrogens (tertiary/aromatic N) is 1. The predicted octanol–water partition coefficient (Wildman–Crippen LogP) is 4.49. The Morgan fingerprint density at radius 1 is 1.15 bits per heavy atom. The van der Waals surface area contributed by atoms with E-state index >= 15 is 0 Å². The van der Waals surface area contributed by atoms with Gasteiger partial charge in [0.25, 0.3) is 0 Å². The number of alkyl halides is 3. The van der Waals surface area contributed by atoms with E-state index in [1.807, 2.05) is 0 Å². The summed E-state index contributed by atoms with van der Waals surface area (Å²) in [4.78, 5) is 24.8. The summed E-state index contributed by atoms with van der Waals surface area (Å²) in [6.45, 7) is 0.605. The zero-order valence-electron chi connectivity index (χ0n) is 13.4. The van der Waals surface area contributed by atoms with Crippen molar-refractivity contribution in [1.29, 1.82) is 0 Å². The maximum atomic E-state index is 13.1. The summed E-state index contributed by atoms with van der Waals surface area (Å²) < 4.78 is 51.6. The number of nitrogens with one attached hydrogen (secondary N) is 1. The number of benzene rings is 2. The minimum Gasteiger partial charge on any atom is -0.324 e. The highest BCUT2D eigenvalue weighted by Crippen LogP contribution is 2.31. The molecular weight excluding hydrogens is 376 g/mol. The number of amides is 2. The van der Waals surface area contributed by atoms with Gasteiger partial charge in [-0.3, -0.25) is 9.59 Å². The van der Waals surface area contributed by atoms with Crippen LogP contribution in [0.1, 0.15) is 12.5 Å². The Morgan fingerprint density at radius 3 is 2.42 bits per heavy atom. The Hall–Kier alpha value is -2.61. The van der Waals surface area contributed by atoms with Crippen molar-refractivity contribution in [3.8, 4) is 0 Å². The van der Waals surface area contributed by atoms with Gasteiger partial charge in [0.2, 0.25) is 11.8 Å². The second kappa shape index (κ2) is 7.74. The molecule has 0 aliphatic carbocycles. The average Bonchev–Trinajstić information content (AvgIpc) is 2.55. The number of rotatable bonds is 4. The maximum absolute atomic E-state index is 13.1. The Bertz CT molecular complexity index is 840. The summed E-state index contributed by atoms with van der Waals surface area (Å²) in [6, 6.07) is 7.57. The quantitative estimate of drug-likeness (QED) is 0.784. The van der Waals surface area contributed by atoms with Crippen LogP contribution in [0.25, 0.3) is 0 Å². The van der Waals surface area contributed by atoms with Gasteiger partial charge in [-0.25, -0.2) is 4.39 Å². The third-order valence-electron chi connectivity index (χ3n) is 3.37. The lowest BCUT2D eigenvalue weighted by molar-refractivity contribution is -0.137. The van der Waals surface area contributed by atoms with E-state index in [1.165, 1.54) is 18.2 Å². The molecule has 0 aromatic heterocycles. The third kappa shape index (κ3) is 4.95. The summed E-state index contributed by atoms with van der Waals surface area (Å²) in [5.41, 5.74) is -0.819. The molecule has 26 heavy (non-hydrogen) atoms. The fraction of sp³-hybridized carbons (Fsp3) is 0.176. The van der Waals surface area contributed by atoms with E-state index in [0.29, 0.717) is 0 Å². The molecule has 4 nitrogen and oxygen atoms in total. The minimum absolute atomic E-state index is 0.0698. The number of carbonyl (C=O) groups excluding carboxylic acids is 2. The van der Waals surface area contributed by atoms with E-state index in [2.05, 4.69) is 5.32 Å². The highest BCUT2D eigenvalue weighted by molar-refractivity contribution is 6.31. The molecule has 0 atom stereocenters. The Labute approximate surface area is 151 Å². The summed E-state index contributed by atoms with van der Waals surface area (Å²) in [7, 11) is 0. The van der Waals surface area contributed by atoms with Gasteiger partial charge in [0, 0.05) is 18.3 Å². The molecule has 0 saturated heterocycles. The number of hydrogen-bond donors (Lipinski definition) is 1. The van der Waals surface area contributed by atoms with Crippen molar-refractivity contribution in [2.24, 2.45) is 0 Å². The zero-order chi connectivity index (χ0) is 19.5. The Morgan fingerprint density at radius 2 is 1.85 bits per heavy atom. The Balaban J connectivity index is 2.19. The second-order valence-corrected chi connectivity index (χ2v) is 5.74. The standard InChI is InChI=1S/C17H13ClF4N2O2/c1-10(25)24(13-4-2-3-11(7-13)17(20,21)22)9-16(26)23-12-5-6-15(19)14(18)8-12/h2-8H,9H2,1H3,(H,23,26). The van der Waals surface area contributed by atoms with E-state index in [4.69, 9.17) is 11.6 Å². The van der Waals surface area contributed by atoms with E-state index in [0.717, 1.165) is 36.1 Å². The fourth-order valence-corrected chi connectivity index (χ4v) is 2.33. The number of halogens is 5. The zero-order valence-corrected chi connectivity index (χ0v) is 14.2. The van der Waals surface area contributed by atoms with Crippen LogP contribution in [0.5, 0.6) is 0 Å². The van der Waals surface area contributed by atoms with Gasteiger partial charge >= 0.3 is 6.18 Å². The van der Waals surface area contributed by atoms with E-state index in [-0.39, 0.29) is 16.4 Å². The summed E-state index contributed by atoms with van der Waals surface area (Å²) in [5, 5.41) is 2.20. The van der Waals surface area contributed by atoms with Crippen molar-refractivity contribution in [2.45, 2.75) is 13.1 Å². The third-order valence-corrected chi connectivity index (χ3v) is 3.66. The molecule has 0 heterocycles. The van der Waals surface area contributed by atoms with Gasteiger partial charge in [-0.2, -0.15) is 13.2 Å². The van der Waals surface area contributed by atoms with Crippen molar-refractivity contribution in [2.75, 3.05) is 16.8 Å². The Kier molecular flexibility index (Phi) is 5.86. The lowest BCUT2D eigenvalue weighted by Crippen LogP contribution is -2.36. The van der Waals surface area contributed by atoms with E-state index in [9.17, 15) is 27.2 Å². The normalized spacial score (nSPS) is 11.2. The van der Waals surface area contributed by atoms with Crippen LogP contribution in [0.4, 0.5) is 28.9 Å². The van der Waals surface area contributed by atoms with Gasteiger partial charge in [-0.1, -0.05) is 17.7 Å². The van der Waals surface area contributed by atoms with Crippen molar-refractivity contribution < 1.29 is 27.2 Å². The molecule has 0 aliphatic heterocycles. The topological polar surface area (TPSA) is 49.4 Å². The largest absolute Gasteiger partial charge is 0.416 e. The first-order chi connectivity index (χ1) is 12.1. The van der Waals surface area contributed by atoms with Gasteiger partial charge in [0.15, 0.2) is 0 Å².